The summed E-state index contributed by atoms with van der Waals surface area (Å²) in [6, 6.07) is 9.15. The van der Waals surface area contributed by atoms with Crippen LogP contribution in [0, 0.1) is 0 Å². The number of anilines is 1. The highest BCUT2D eigenvalue weighted by Gasteiger charge is 2.16. The van der Waals surface area contributed by atoms with Gasteiger partial charge >= 0.3 is 5.97 Å². The average molecular weight is 286 g/mol. The van der Waals surface area contributed by atoms with Crippen LogP contribution in [0.2, 0.25) is 0 Å². The van der Waals surface area contributed by atoms with E-state index in [0.717, 1.165) is 12.0 Å². The minimum absolute atomic E-state index is 0.182. The molecule has 0 bridgehead atoms. The molecule has 21 heavy (non-hydrogen) atoms. The standard InChI is InChI=1S/C16H18N2O3/c1-3-11-7-5-6-8-13(11)21-15-14(17)12(9-10-18-15)16(19)20-4-2/h5-10H,3-4,17H2,1-2H3. The average Bonchev–Trinajstić information content (AvgIpc) is 2.50. The number of benzene rings is 1. The van der Waals surface area contributed by atoms with Gasteiger partial charge in [0.1, 0.15) is 11.4 Å². The smallest absolute Gasteiger partial charge is 0.340 e. The van der Waals surface area contributed by atoms with Gasteiger partial charge < -0.3 is 15.2 Å². The largest absolute Gasteiger partial charge is 0.462 e. The Balaban J connectivity index is 2.33. The van der Waals surface area contributed by atoms with Gasteiger partial charge in [-0.05, 0) is 31.0 Å². The van der Waals surface area contributed by atoms with E-state index in [1.807, 2.05) is 31.2 Å². The predicted molar refractivity (Wildman–Crippen MR) is 80.5 cm³/mol. The molecule has 1 heterocycles. The van der Waals surface area contributed by atoms with Crippen LogP contribution in [0.5, 0.6) is 11.6 Å². The van der Waals surface area contributed by atoms with Gasteiger partial charge in [-0.2, -0.15) is 0 Å². The van der Waals surface area contributed by atoms with Crippen LogP contribution in [0.15, 0.2) is 36.5 Å². The van der Waals surface area contributed by atoms with E-state index in [9.17, 15) is 4.79 Å². The molecule has 2 N–H and O–H groups in total. The molecule has 5 heteroatoms. The number of para-hydroxylation sites is 1. The number of aryl methyl sites for hydroxylation is 1. The molecule has 0 unspecified atom stereocenters. The topological polar surface area (TPSA) is 74.4 Å². The molecule has 0 atom stereocenters. The summed E-state index contributed by atoms with van der Waals surface area (Å²) in [5.74, 6) is 0.410. The summed E-state index contributed by atoms with van der Waals surface area (Å²) in [6.07, 6.45) is 2.31. The summed E-state index contributed by atoms with van der Waals surface area (Å²) in [5, 5.41) is 0. The lowest BCUT2D eigenvalue weighted by Crippen LogP contribution is -2.09. The highest BCUT2D eigenvalue weighted by Crippen LogP contribution is 2.30. The monoisotopic (exact) mass is 286 g/mol. The van der Waals surface area contributed by atoms with Gasteiger partial charge in [-0.25, -0.2) is 9.78 Å². The number of carbonyl (C=O) groups excluding carboxylic acids is 1. The molecule has 2 rings (SSSR count). The minimum Gasteiger partial charge on any atom is -0.462 e. The Bertz CT molecular complexity index is 641. The third kappa shape index (κ3) is 3.31. The normalized spacial score (nSPS) is 10.2. The number of carbonyl (C=O) groups is 1. The first kappa shape index (κ1) is 14.8. The van der Waals surface area contributed by atoms with E-state index in [0.29, 0.717) is 5.75 Å². The lowest BCUT2D eigenvalue weighted by molar-refractivity contribution is 0.0527. The molecule has 0 saturated heterocycles. The number of nitrogens with two attached hydrogens (primary N) is 1. The summed E-state index contributed by atoms with van der Waals surface area (Å²) < 4.78 is 10.7. The summed E-state index contributed by atoms with van der Waals surface area (Å²) in [5.41, 5.74) is 7.45. The van der Waals surface area contributed by atoms with Crippen LogP contribution in [0.4, 0.5) is 5.69 Å². The fraction of sp³-hybridized carbons (Fsp3) is 0.250. The third-order valence-electron chi connectivity index (χ3n) is 3.01. The SMILES string of the molecule is CCOC(=O)c1ccnc(Oc2ccccc2CC)c1N. The zero-order valence-electron chi connectivity index (χ0n) is 12.1. The molecule has 0 fully saturated rings. The molecule has 1 aromatic heterocycles. The van der Waals surface area contributed by atoms with E-state index in [-0.39, 0.29) is 23.7 Å². The number of ether oxygens (including phenoxy) is 2. The van der Waals surface area contributed by atoms with E-state index in [4.69, 9.17) is 15.2 Å². The molecular weight excluding hydrogens is 268 g/mol. The third-order valence-corrected chi connectivity index (χ3v) is 3.01. The van der Waals surface area contributed by atoms with Crippen molar-refractivity contribution in [1.82, 2.24) is 4.98 Å². The number of rotatable bonds is 5. The van der Waals surface area contributed by atoms with Crippen LogP contribution in [0.3, 0.4) is 0 Å². The van der Waals surface area contributed by atoms with Crippen molar-refractivity contribution < 1.29 is 14.3 Å². The van der Waals surface area contributed by atoms with Gasteiger partial charge in [0.25, 0.3) is 0 Å². The van der Waals surface area contributed by atoms with Crippen molar-refractivity contribution in [3.63, 3.8) is 0 Å². The predicted octanol–water partition coefficient (Wildman–Crippen LogP) is 3.20. The van der Waals surface area contributed by atoms with Crippen LogP contribution in [0.25, 0.3) is 0 Å². The molecular formula is C16H18N2O3. The molecule has 0 aliphatic heterocycles. The quantitative estimate of drug-likeness (QED) is 0.854. The zero-order valence-corrected chi connectivity index (χ0v) is 12.1. The zero-order chi connectivity index (χ0) is 15.2. The van der Waals surface area contributed by atoms with Crippen LogP contribution in [-0.4, -0.2) is 17.6 Å². The van der Waals surface area contributed by atoms with Crippen molar-refractivity contribution in [3.8, 4) is 11.6 Å². The molecule has 5 nitrogen and oxygen atoms in total. The van der Waals surface area contributed by atoms with Gasteiger partial charge in [-0.1, -0.05) is 25.1 Å². The van der Waals surface area contributed by atoms with E-state index >= 15 is 0 Å². The van der Waals surface area contributed by atoms with Crippen LogP contribution in [-0.2, 0) is 11.2 Å². The Labute approximate surface area is 123 Å². The Morgan fingerprint density at radius 3 is 2.71 bits per heavy atom. The van der Waals surface area contributed by atoms with E-state index in [1.54, 1.807) is 6.92 Å². The second-order valence-corrected chi connectivity index (χ2v) is 4.36. The number of pyridine rings is 1. The highest BCUT2D eigenvalue weighted by atomic mass is 16.5. The van der Waals surface area contributed by atoms with Gasteiger partial charge in [0, 0.05) is 6.20 Å². The first-order chi connectivity index (χ1) is 10.2. The second kappa shape index (κ2) is 6.74. The summed E-state index contributed by atoms with van der Waals surface area (Å²) in [7, 11) is 0. The van der Waals surface area contributed by atoms with Crippen molar-refractivity contribution in [3.05, 3.63) is 47.7 Å². The van der Waals surface area contributed by atoms with E-state index < -0.39 is 5.97 Å². The van der Waals surface area contributed by atoms with Gasteiger partial charge in [0.15, 0.2) is 0 Å². The number of nitrogens with zero attached hydrogens (tertiary/aromatic N) is 1. The maximum atomic E-state index is 11.8. The number of nitrogen functional groups attached to an aromatic ring is 1. The summed E-state index contributed by atoms with van der Waals surface area (Å²) in [6.45, 7) is 4.06. The highest BCUT2D eigenvalue weighted by molar-refractivity contribution is 5.96. The van der Waals surface area contributed by atoms with Crippen molar-refractivity contribution in [2.24, 2.45) is 0 Å². The fourth-order valence-corrected chi connectivity index (χ4v) is 1.92. The second-order valence-electron chi connectivity index (χ2n) is 4.36. The Hall–Kier alpha value is -2.56. The van der Waals surface area contributed by atoms with Gasteiger partial charge in [0.05, 0.1) is 12.2 Å². The van der Waals surface area contributed by atoms with Gasteiger partial charge in [-0.15, -0.1) is 0 Å². The van der Waals surface area contributed by atoms with Crippen molar-refractivity contribution >= 4 is 11.7 Å². The van der Waals surface area contributed by atoms with E-state index in [2.05, 4.69) is 4.98 Å². The number of esters is 1. The first-order valence-corrected chi connectivity index (χ1v) is 6.84. The van der Waals surface area contributed by atoms with Gasteiger partial charge in [0.2, 0.25) is 5.88 Å². The lowest BCUT2D eigenvalue weighted by Gasteiger charge is -2.12. The first-order valence-electron chi connectivity index (χ1n) is 6.84. The summed E-state index contributed by atoms with van der Waals surface area (Å²) in [4.78, 5) is 15.9. The number of hydrogen-bond acceptors (Lipinski definition) is 5. The fourth-order valence-electron chi connectivity index (χ4n) is 1.92. The minimum atomic E-state index is -0.481. The Kier molecular flexibility index (Phi) is 4.77. The van der Waals surface area contributed by atoms with Crippen molar-refractivity contribution in [2.45, 2.75) is 20.3 Å². The van der Waals surface area contributed by atoms with Crippen molar-refractivity contribution in [2.75, 3.05) is 12.3 Å². The molecule has 0 spiro atoms. The molecule has 0 radical (unpaired) electrons. The number of hydrogen-bond donors (Lipinski definition) is 1. The molecule has 0 amide bonds. The van der Waals surface area contributed by atoms with Crippen LogP contribution in [0.1, 0.15) is 29.8 Å². The molecule has 0 aliphatic carbocycles. The molecule has 1 aromatic carbocycles. The molecule has 0 saturated carbocycles. The lowest BCUT2D eigenvalue weighted by atomic mass is 10.1. The maximum absolute atomic E-state index is 11.8. The molecule has 2 aromatic rings. The Morgan fingerprint density at radius 2 is 2.00 bits per heavy atom. The van der Waals surface area contributed by atoms with Gasteiger partial charge in [-0.3, -0.25) is 0 Å². The molecule has 0 aliphatic rings. The Morgan fingerprint density at radius 1 is 1.24 bits per heavy atom. The van der Waals surface area contributed by atoms with Crippen LogP contribution >= 0.6 is 0 Å². The van der Waals surface area contributed by atoms with Crippen molar-refractivity contribution in [1.29, 1.82) is 0 Å². The van der Waals surface area contributed by atoms with Crippen LogP contribution < -0.4 is 10.5 Å². The maximum Gasteiger partial charge on any atom is 0.340 e. The molecule has 110 valence electrons. The number of aromatic nitrogens is 1. The van der Waals surface area contributed by atoms with E-state index in [1.165, 1.54) is 12.3 Å². The summed E-state index contributed by atoms with van der Waals surface area (Å²) >= 11 is 0.